The minimum atomic E-state index is -0.984. The molecule has 0 unspecified atom stereocenters. The summed E-state index contributed by atoms with van der Waals surface area (Å²) in [7, 11) is 0. The van der Waals surface area contributed by atoms with Crippen LogP contribution < -0.4 is 5.32 Å². The Morgan fingerprint density at radius 1 is 1.47 bits per heavy atom. The van der Waals surface area contributed by atoms with Crippen molar-refractivity contribution in [1.82, 2.24) is 4.98 Å². The molecule has 0 bridgehead atoms. The Bertz CT molecular complexity index is 422. The van der Waals surface area contributed by atoms with Gasteiger partial charge in [0.15, 0.2) is 0 Å². The maximum atomic E-state index is 11.0. The van der Waals surface area contributed by atoms with Crippen LogP contribution >= 0.6 is 23.4 Å². The molecule has 1 saturated heterocycles. The number of hydrogen-bond donors (Lipinski definition) is 2. The van der Waals surface area contributed by atoms with E-state index in [1.54, 1.807) is 0 Å². The van der Waals surface area contributed by atoms with Gasteiger partial charge in [-0.05, 0) is 36.5 Å². The molecule has 2 heterocycles. The Balaban J connectivity index is 2.17. The van der Waals surface area contributed by atoms with Gasteiger partial charge in [-0.15, -0.1) is 0 Å². The summed E-state index contributed by atoms with van der Waals surface area (Å²) in [5, 5.41) is 12.5. The molecule has 92 valence electrons. The zero-order valence-electron chi connectivity index (χ0n) is 9.15. The highest BCUT2D eigenvalue weighted by atomic mass is 35.5. The molecule has 2 rings (SSSR count). The number of hydrogen-bond acceptors (Lipinski definition) is 4. The van der Waals surface area contributed by atoms with E-state index in [0.717, 1.165) is 24.3 Å². The Hall–Kier alpha value is -0.940. The fourth-order valence-electron chi connectivity index (χ4n) is 1.75. The van der Waals surface area contributed by atoms with Crippen molar-refractivity contribution in [2.45, 2.75) is 18.9 Å². The number of halogens is 1. The number of rotatable bonds is 3. The lowest BCUT2D eigenvalue weighted by Crippen LogP contribution is -2.26. The van der Waals surface area contributed by atoms with Crippen molar-refractivity contribution < 1.29 is 9.90 Å². The second kappa shape index (κ2) is 5.60. The minimum Gasteiger partial charge on any atom is -0.478 e. The normalized spacial score (nSPS) is 16.8. The number of nitrogens with one attached hydrogen (secondary N) is 1. The van der Waals surface area contributed by atoms with Crippen LogP contribution in [-0.2, 0) is 0 Å². The van der Waals surface area contributed by atoms with E-state index in [1.807, 2.05) is 11.8 Å². The van der Waals surface area contributed by atoms with Crippen molar-refractivity contribution in [3.8, 4) is 0 Å². The van der Waals surface area contributed by atoms with Crippen molar-refractivity contribution in [2.24, 2.45) is 0 Å². The molecular weight excluding hydrogens is 260 g/mol. The Morgan fingerprint density at radius 3 is 2.82 bits per heavy atom. The van der Waals surface area contributed by atoms with Crippen LogP contribution in [0.1, 0.15) is 23.2 Å². The highest BCUT2D eigenvalue weighted by molar-refractivity contribution is 7.99. The molecule has 0 spiro atoms. The number of pyridine rings is 1. The number of aromatic carboxylic acids is 1. The summed E-state index contributed by atoms with van der Waals surface area (Å²) in [6, 6.07) is 3.27. The van der Waals surface area contributed by atoms with Gasteiger partial charge < -0.3 is 10.4 Å². The molecular formula is C11H13ClN2O2S. The molecule has 0 radical (unpaired) electrons. The minimum absolute atomic E-state index is 0.174. The number of anilines is 1. The first-order valence-electron chi connectivity index (χ1n) is 5.41. The summed E-state index contributed by atoms with van der Waals surface area (Å²) >= 11 is 7.71. The molecule has 6 heteroatoms. The van der Waals surface area contributed by atoms with E-state index in [1.165, 1.54) is 12.1 Å². The van der Waals surface area contributed by atoms with Gasteiger partial charge in [-0.25, -0.2) is 9.78 Å². The average Bonchev–Trinajstić information content (AvgIpc) is 2.30. The van der Waals surface area contributed by atoms with E-state index in [2.05, 4.69) is 10.3 Å². The largest absolute Gasteiger partial charge is 0.478 e. The molecule has 0 saturated carbocycles. The zero-order chi connectivity index (χ0) is 12.3. The third-order valence-electron chi connectivity index (χ3n) is 2.65. The van der Waals surface area contributed by atoms with Gasteiger partial charge in [0.2, 0.25) is 0 Å². The molecule has 17 heavy (non-hydrogen) atoms. The number of thioether (sulfide) groups is 1. The van der Waals surface area contributed by atoms with Crippen molar-refractivity contribution in [1.29, 1.82) is 0 Å². The van der Waals surface area contributed by atoms with Gasteiger partial charge in [-0.1, -0.05) is 11.6 Å². The van der Waals surface area contributed by atoms with Crippen LogP contribution in [0.4, 0.5) is 5.82 Å². The predicted molar refractivity (Wildman–Crippen MR) is 70.2 cm³/mol. The van der Waals surface area contributed by atoms with Gasteiger partial charge in [0, 0.05) is 6.04 Å². The van der Waals surface area contributed by atoms with Gasteiger partial charge in [-0.3, -0.25) is 0 Å². The summed E-state index contributed by atoms with van der Waals surface area (Å²) in [5.41, 5.74) is 0.174. The third-order valence-corrected chi connectivity index (χ3v) is 3.91. The molecule has 1 aromatic heterocycles. The highest BCUT2D eigenvalue weighted by Gasteiger charge is 2.18. The molecule has 0 atom stereocenters. The topological polar surface area (TPSA) is 62.2 Å². The first kappa shape index (κ1) is 12.5. The summed E-state index contributed by atoms with van der Waals surface area (Å²) < 4.78 is 0. The van der Waals surface area contributed by atoms with Crippen LogP contribution in [0.5, 0.6) is 0 Å². The van der Waals surface area contributed by atoms with Gasteiger partial charge in [0.1, 0.15) is 16.5 Å². The van der Waals surface area contributed by atoms with Crippen LogP contribution in [0.2, 0.25) is 5.15 Å². The highest BCUT2D eigenvalue weighted by Crippen LogP contribution is 2.23. The fraction of sp³-hybridized carbons (Fsp3) is 0.455. The van der Waals surface area contributed by atoms with Gasteiger partial charge in [0.25, 0.3) is 0 Å². The lowest BCUT2D eigenvalue weighted by molar-refractivity contribution is 0.0697. The number of nitrogens with zero attached hydrogens (tertiary/aromatic N) is 1. The summed E-state index contributed by atoms with van der Waals surface area (Å²) in [5.74, 6) is 1.59. The molecule has 1 aromatic rings. The van der Waals surface area contributed by atoms with Crippen LogP contribution in [0.25, 0.3) is 0 Å². The number of carbonyl (C=O) groups is 1. The Kier molecular flexibility index (Phi) is 4.12. The van der Waals surface area contributed by atoms with E-state index < -0.39 is 5.97 Å². The number of aromatic nitrogens is 1. The fourth-order valence-corrected chi connectivity index (χ4v) is 3.01. The standard InChI is InChI=1S/C11H13ClN2O2S/c12-9-2-1-8(11(15)16)10(14-9)13-7-3-5-17-6-4-7/h1-2,7H,3-6H2,(H,13,14)(H,15,16). The molecule has 1 aliphatic rings. The van der Waals surface area contributed by atoms with Crippen molar-refractivity contribution in [3.05, 3.63) is 22.8 Å². The average molecular weight is 273 g/mol. The van der Waals surface area contributed by atoms with Gasteiger partial charge in [-0.2, -0.15) is 11.8 Å². The molecule has 4 nitrogen and oxygen atoms in total. The molecule has 0 aliphatic carbocycles. The second-order valence-electron chi connectivity index (χ2n) is 3.87. The van der Waals surface area contributed by atoms with Gasteiger partial charge in [0.05, 0.1) is 0 Å². The maximum absolute atomic E-state index is 11.0. The molecule has 1 fully saturated rings. The Labute approximate surface area is 109 Å². The predicted octanol–water partition coefficient (Wildman–Crippen LogP) is 2.74. The number of carboxylic acid groups (broad SMARTS) is 1. The first-order valence-corrected chi connectivity index (χ1v) is 6.94. The summed E-state index contributed by atoms with van der Waals surface area (Å²) in [6.07, 6.45) is 2.05. The monoisotopic (exact) mass is 272 g/mol. The quantitative estimate of drug-likeness (QED) is 0.829. The maximum Gasteiger partial charge on any atom is 0.339 e. The van der Waals surface area contributed by atoms with Crippen LogP contribution in [0, 0.1) is 0 Å². The molecule has 1 aliphatic heterocycles. The number of carboxylic acids is 1. The zero-order valence-corrected chi connectivity index (χ0v) is 10.7. The molecule has 0 aromatic carbocycles. The molecule has 2 N–H and O–H groups in total. The third kappa shape index (κ3) is 3.26. The van der Waals surface area contributed by atoms with E-state index in [0.29, 0.717) is 17.0 Å². The smallest absolute Gasteiger partial charge is 0.339 e. The SMILES string of the molecule is O=C(O)c1ccc(Cl)nc1NC1CCSCC1. The van der Waals surface area contributed by atoms with Crippen LogP contribution in [0.3, 0.4) is 0 Å². The lowest BCUT2D eigenvalue weighted by atomic mass is 10.1. The van der Waals surface area contributed by atoms with Crippen LogP contribution in [0.15, 0.2) is 12.1 Å². The first-order chi connectivity index (χ1) is 8.16. The van der Waals surface area contributed by atoms with E-state index in [4.69, 9.17) is 16.7 Å². The van der Waals surface area contributed by atoms with E-state index in [-0.39, 0.29) is 5.56 Å². The van der Waals surface area contributed by atoms with Crippen molar-refractivity contribution in [2.75, 3.05) is 16.8 Å². The van der Waals surface area contributed by atoms with Crippen molar-refractivity contribution >= 4 is 35.1 Å². The van der Waals surface area contributed by atoms with Crippen molar-refractivity contribution in [3.63, 3.8) is 0 Å². The summed E-state index contributed by atoms with van der Waals surface area (Å²) in [6.45, 7) is 0. The van der Waals surface area contributed by atoms with Gasteiger partial charge >= 0.3 is 5.97 Å². The van der Waals surface area contributed by atoms with E-state index in [9.17, 15) is 4.79 Å². The molecule has 0 amide bonds. The van der Waals surface area contributed by atoms with E-state index >= 15 is 0 Å². The summed E-state index contributed by atoms with van der Waals surface area (Å²) in [4.78, 5) is 15.1. The lowest BCUT2D eigenvalue weighted by Gasteiger charge is -2.23. The second-order valence-corrected chi connectivity index (χ2v) is 5.48. The Morgan fingerprint density at radius 2 is 2.18 bits per heavy atom. The van der Waals surface area contributed by atoms with Crippen LogP contribution in [-0.4, -0.2) is 33.6 Å².